The average molecular weight is 405 g/mol. The largest absolute Gasteiger partial charge is 0.338 e. The zero-order valence-corrected chi connectivity index (χ0v) is 16.4. The molecule has 0 N–H and O–H groups in total. The van der Waals surface area contributed by atoms with Crippen LogP contribution in [0.15, 0.2) is 41.1 Å². The number of piperazine rings is 1. The molecule has 1 aromatic carbocycles. The lowest BCUT2D eigenvalue weighted by atomic mass is 10.1. The fraction of sp³-hybridized carbons (Fsp3) is 0.474. The van der Waals surface area contributed by atoms with E-state index >= 15 is 0 Å². The standard InChI is InChI=1S/C19H25BrN4O/c1-3-18(24-14-17(20)12-21-24)19(25)23-10-8-22(9-11-23)13-16-7-5-4-6-15(16)2/h4-7,12,14,18H,3,8-11,13H2,1-2H3. The smallest absolute Gasteiger partial charge is 0.247 e. The van der Waals surface area contributed by atoms with Gasteiger partial charge in [-0.3, -0.25) is 14.4 Å². The van der Waals surface area contributed by atoms with Crippen LogP contribution in [0.1, 0.15) is 30.5 Å². The third-order valence-corrected chi connectivity index (χ3v) is 5.31. The lowest BCUT2D eigenvalue weighted by Gasteiger charge is -2.36. The predicted octanol–water partition coefficient (Wildman–Crippen LogP) is 3.25. The highest BCUT2D eigenvalue weighted by Crippen LogP contribution is 2.19. The monoisotopic (exact) mass is 404 g/mol. The molecular weight excluding hydrogens is 380 g/mol. The first-order valence-electron chi connectivity index (χ1n) is 8.83. The summed E-state index contributed by atoms with van der Waals surface area (Å²) in [7, 11) is 0. The van der Waals surface area contributed by atoms with Gasteiger partial charge in [-0.2, -0.15) is 5.10 Å². The fourth-order valence-corrected chi connectivity index (χ4v) is 3.63. The molecule has 1 aromatic heterocycles. The van der Waals surface area contributed by atoms with E-state index in [1.165, 1.54) is 11.1 Å². The first kappa shape index (κ1) is 18.1. The first-order chi connectivity index (χ1) is 12.1. The molecule has 25 heavy (non-hydrogen) atoms. The van der Waals surface area contributed by atoms with E-state index in [2.05, 4.69) is 57.1 Å². The second kappa shape index (κ2) is 8.15. The molecule has 0 radical (unpaired) electrons. The number of nitrogens with zero attached hydrogens (tertiary/aromatic N) is 4. The Labute approximate surface area is 157 Å². The Balaban J connectivity index is 1.58. The molecule has 1 fully saturated rings. The molecule has 0 bridgehead atoms. The SMILES string of the molecule is CCC(C(=O)N1CCN(Cc2ccccc2C)CC1)n1cc(Br)cn1. The Hall–Kier alpha value is -1.66. The van der Waals surface area contributed by atoms with Gasteiger partial charge in [-0.05, 0) is 40.4 Å². The Morgan fingerprint density at radius 3 is 2.56 bits per heavy atom. The van der Waals surface area contributed by atoms with Crippen LogP contribution in [0.5, 0.6) is 0 Å². The van der Waals surface area contributed by atoms with E-state index in [-0.39, 0.29) is 11.9 Å². The number of halogens is 1. The summed E-state index contributed by atoms with van der Waals surface area (Å²) in [4.78, 5) is 17.3. The minimum absolute atomic E-state index is 0.175. The number of carbonyl (C=O) groups is 1. The summed E-state index contributed by atoms with van der Waals surface area (Å²) < 4.78 is 2.67. The Kier molecular flexibility index (Phi) is 5.91. The molecular formula is C19H25BrN4O. The van der Waals surface area contributed by atoms with Gasteiger partial charge in [0.2, 0.25) is 5.91 Å². The molecule has 1 aliphatic heterocycles. The van der Waals surface area contributed by atoms with Crippen LogP contribution in [0, 0.1) is 6.92 Å². The molecule has 2 heterocycles. The Bertz CT molecular complexity index is 722. The molecule has 2 aromatic rings. The number of hydrogen-bond acceptors (Lipinski definition) is 3. The molecule has 0 aliphatic carbocycles. The van der Waals surface area contributed by atoms with Gasteiger partial charge < -0.3 is 4.90 Å². The third-order valence-electron chi connectivity index (χ3n) is 4.90. The molecule has 1 saturated heterocycles. The maximum atomic E-state index is 12.9. The van der Waals surface area contributed by atoms with Gasteiger partial charge in [0.1, 0.15) is 6.04 Å². The fourth-order valence-electron chi connectivity index (χ4n) is 3.33. The quantitative estimate of drug-likeness (QED) is 0.767. The van der Waals surface area contributed by atoms with Crippen molar-refractivity contribution in [2.45, 2.75) is 32.9 Å². The predicted molar refractivity (Wildman–Crippen MR) is 102 cm³/mol. The Morgan fingerprint density at radius 2 is 1.96 bits per heavy atom. The van der Waals surface area contributed by atoms with E-state index in [1.54, 1.807) is 10.9 Å². The van der Waals surface area contributed by atoms with E-state index in [0.29, 0.717) is 0 Å². The third kappa shape index (κ3) is 4.30. The summed E-state index contributed by atoms with van der Waals surface area (Å²) in [5.41, 5.74) is 2.70. The Morgan fingerprint density at radius 1 is 1.24 bits per heavy atom. The maximum absolute atomic E-state index is 12.9. The molecule has 0 spiro atoms. The van der Waals surface area contributed by atoms with Crippen LogP contribution in [-0.4, -0.2) is 51.7 Å². The van der Waals surface area contributed by atoms with Gasteiger partial charge in [-0.15, -0.1) is 0 Å². The molecule has 1 unspecified atom stereocenters. The normalized spacial score (nSPS) is 16.8. The average Bonchev–Trinajstić information content (AvgIpc) is 3.04. The zero-order valence-electron chi connectivity index (χ0n) is 14.9. The van der Waals surface area contributed by atoms with Crippen molar-refractivity contribution in [1.29, 1.82) is 0 Å². The summed E-state index contributed by atoms with van der Waals surface area (Å²) in [5.74, 6) is 0.175. The van der Waals surface area contributed by atoms with Crippen LogP contribution < -0.4 is 0 Å². The number of aromatic nitrogens is 2. The molecule has 1 aliphatic rings. The highest BCUT2D eigenvalue weighted by Gasteiger charge is 2.28. The molecule has 134 valence electrons. The molecule has 1 atom stereocenters. The summed E-state index contributed by atoms with van der Waals surface area (Å²) in [6.07, 6.45) is 4.35. The van der Waals surface area contributed by atoms with Crippen molar-refractivity contribution in [1.82, 2.24) is 19.6 Å². The number of hydrogen-bond donors (Lipinski definition) is 0. The van der Waals surface area contributed by atoms with Crippen molar-refractivity contribution >= 4 is 21.8 Å². The van der Waals surface area contributed by atoms with Crippen molar-refractivity contribution in [3.05, 3.63) is 52.3 Å². The van der Waals surface area contributed by atoms with Crippen molar-refractivity contribution < 1.29 is 4.79 Å². The van der Waals surface area contributed by atoms with Crippen LogP contribution in [0.4, 0.5) is 0 Å². The summed E-state index contributed by atoms with van der Waals surface area (Å²) in [6.45, 7) is 8.54. The lowest BCUT2D eigenvalue weighted by Crippen LogP contribution is -2.50. The topological polar surface area (TPSA) is 41.4 Å². The van der Waals surface area contributed by atoms with Crippen LogP contribution in [0.25, 0.3) is 0 Å². The minimum atomic E-state index is -0.214. The summed E-state index contributed by atoms with van der Waals surface area (Å²) in [5, 5.41) is 4.30. The van der Waals surface area contributed by atoms with Crippen molar-refractivity contribution in [2.75, 3.05) is 26.2 Å². The van der Waals surface area contributed by atoms with E-state index in [4.69, 9.17) is 0 Å². The van der Waals surface area contributed by atoms with Gasteiger partial charge in [-0.1, -0.05) is 31.2 Å². The van der Waals surface area contributed by atoms with E-state index < -0.39 is 0 Å². The van der Waals surface area contributed by atoms with E-state index in [1.807, 2.05) is 18.0 Å². The number of rotatable bonds is 5. The van der Waals surface area contributed by atoms with Gasteiger partial charge >= 0.3 is 0 Å². The molecule has 3 rings (SSSR count). The molecule has 1 amide bonds. The number of aryl methyl sites for hydroxylation is 1. The highest BCUT2D eigenvalue weighted by molar-refractivity contribution is 9.10. The molecule has 0 saturated carbocycles. The van der Waals surface area contributed by atoms with E-state index in [0.717, 1.165) is 43.6 Å². The highest BCUT2D eigenvalue weighted by atomic mass is 79.9. The van der Waals surface area contributed by atoms with Gasteiger partial charge in [0.05, 0.1) is 10.7 Å². The van der Waals surface area contributed by atoms with Crippen molar-refractivity contribution in [2.24, 2.45) is 0 Å². The van der Waals surface area contributed by atoms with Crippen LogP contribution in [-0.2, 0) is 11.3 Å². The van der Waals surface area contributed by atoms with Gasteiger partial charge in [0, 0.05) is 38.9 Å². The number of carbonyl (C=O) groups excluding carboxylic acids is 1. The number of benzene rings is 1. The van der Waals surface area contributed by atoms with Crippen molar-refractivity contribution in [3.8, 4) is 0 Å². The first-order valence-corrected chi connectivity index (χ1v) is 9.63. The van der Waals surface area contributed by atoms with Crippen LogP contribution in [0.2, 0.25) is 0 Å². The maximum Gasteiger partial charge on any atom is 0.247 e. The molecule has 5 nitrogen and oxygen atoms in total. The minimum Gasteiger partial charge on any atom is -0.338 e. The second-order valence-corrected chi connectivity index (χ2v) is 7.51. The van der Waals surface area contributed by atoms with Gasteiger partial charge in [-0.25, -0.2) is 0 Å². The van der Waals surface area contributed by atoms with Crippen LogP contribution in [0.3, 0.4) is 0 Å². The van der Waals surface area contributed by atoms with Gasteiger partial charge in [0.25, 0.3) is 0 Å². The summed E-state index contributed by atoms with van der Waals surface area (Å²) in [6, 6.07) is 8.30. The van der Waals surface area contributed by atoms with Crippen molar-refractivity contribution in [3.63, 3.8) is 0 Å². The lowest BCUT2D eigenvalue weighted by molar-refractivity contribution is -0.137. The van der Waals surface area contributed by atoms with E-state index in [9.17, 15) is 4.79 Å². The molecule has 6 heteroatoms. The van der Waals surface area contributed by atoms with Gasteiger partial charge in [0.15, 0.2) is 0 Å². The summed E-state index contributed by atoms with van der Waals surface area (Å²) >= 11 is 3.41. The number of amides is 1. The zero-order chi connectivity index (χ0) is 17.8. The van der Waals surface area contributed by atoms with Crippen LogP contribution >= 0.6 is 15.9 Å². The second-order valence-electron chi connectivity index (χ2n) is 6.59.